The van der Waals surface area contributed by atoms with E-state index < -0.39 is 11.9 Å². The summed E-state index contributed by atoms with van der Waals surface area (Å²) >= 11 is 0. The van der Waals surface area contributed by atoms with Gasteiger partial charge in [0, 0.05) is 13.1 Å². The first-order valence-corrected chi connectivity index (χ1v) is 7.77. The fraction of sp³-hybridized carbons (Fsp3) is 0.867. The molecule has 1 saturated heterocycles. The lowest BCUT2D eigenvalue weighted by atomic mass is 9.93. The van der Waals surface area contributed by atoms with Gasteiger partial charge in [-0.3, -0.25) is 9.59 Å². The molecule has 1 saturated carbocycles. The van der Waals surface area contributed by atoms with Crippen LogP contribution in [0, 0.1) is 17.8 Å². The molecule has 0 bridgehead atoms. The third-order valence-corrected chi connectivity index (χ3v) is 4.63. The minimum absolute atomic E-state index is 0.00708. The van der Waals surface area contributed by atoms with Crippen LogP contribution < -0.4 is 0 Å². The van der Waals surface area contributed by atoms with Crippen LogP contribution in [-0.2, 0) is 14.3 Å². The van der Waals surface area contributed by atoms with E-state index in [0.717, 1.165) is 12.8 Å². The van der Waals surface area contributed by atoms with Gasteiger partial charge in [-0.05, 0) is 31.6 Å². The van der Waals surface area contributed by atoms with E-state index in [1.54, 1.807) is 4.90 Å². The Bertz CT molecular complexity index is 378. The van der Waals surface area contributed by atoms with E-state index in [2.05, 4.69) is 0 Å². The van der Waals surface area contributed by atoms with Crippen molar-refractivity contribution in [2.75, 3.05) is 26.3 Å². The molecule has 0 spiro atoms. The molecule has 2 aliphatic rings. The largest absolute Gasteiger partial charge is 0.481 e. The quantitative estimate of drug-likeness (QED) is 0.781. The highest BCUT2D eigenvalue weighted by Crippen LogP contribution is 2.38. The number of carbonyl (C=O) groups is 2. The number of hydrogen-bond acceptors (Lipinski definition) is 4. The Hall–Kier alpha value is -1.14. The highest BCUT2D eigenvalue weighted by atomic mass is 16.5. The molecular formula is C15H25NO5. The molecular weight excluding hydrogens is 274 g/mol. The monoisotopic (exact) mass is 299 g/mol. The van der Waals surface area contributed by atoms with Gasteiger partial charge in [-0.1, -0.05) is 6.92 Å². The normalized spacial score (nSPS) is 30.6. The summed E-state index contributed by atoms with van der Waals surface area (Å²) in [5.41, 5.74) is 0. The van der Waals surface area contributed by atoms with Crippen molar-refractivity contribution < 1.29 is 24.5 Å². The number of ether oxygens (including phenoxy) is 1. The van der Waals surface area contributed by atoms with Crippen molar-refractivity contribution in [1.29, 1.82) is 0 Å². The summed E-state index contributed by atoms with van der Waals surface area (Å²) in [6.45, 7) is 3.59. The molecule has 0 aromatic heterocycles. The molecule has 0 radical (unpaired) electrons. The summed E-state index contributed by atoms with van der Waals surface area (Å²) in [5, 5.41) is 18.0. The molecule has 120 valence electrons. The zero-order valence-electron chi connectivity index (χ0n) is 12.5. The number of aliphatic hydroxyl groups excluding tert-OH is 1. The van der Waals surface area contributed by atoms with Crippen LogP contribution in [0.3, 0.4) is 0 Å². The minimum atomic E-state index is -0.848. The number of hydrogen-bond donors (Lipinski definition) is 2. The van der Waals surface area contributed by atoms with Crippen molar-refractivity contribution in [3.8, 4) is 0 Å². The van der Waals surface area contributed by atoms with Gasteiger partial charge >= 0.3 is 5.97 Å². The van der Waals surface area contributed by atoms with Crippen LogP contribution in [-0.4, -0.2) is 59.4 Å². The number of carboxylic acid groups (broad SMARTS) is 1. The summed E-state index contributed by atoms with van der Waals surface area (Å²) in [5.74, 6) is -1.46. The van der Waals surface area contributed by atoms with Crippen molar-refractivity contribution in [3.63, 3.8) is 0 Å². The molecule has 1 aliphatic heterocycles. The second kappa shape index (κ2) is 7.22. The molecule has 2 rings (SSSR count). The molecule has 1 heterocycles. The van der Waals surface area contributed by atoms with Crippen molar-refractivity contribution in [2.24, 2.45) is 17.8 Å². The highest BCUT2D eigenvalue weighted by molar-refractivity contribution is 5.85. The molecule has 3 atom stereocenters. The molecule has 1 aliphatic carbocycles. The number of likely N-dealkylation sites (tertiary alicyclic amines) is 1. The first-order valence-electron chi connectivity index (χ1n) is 7.77. The van der Waals surface area contributed by atoms with E-state index in [4.69, 9.17) is 9.84 Å². The van der Waals surface area contributed by atoms with Crippen LogP contribution in [0.15, 0.2) is 0 Å². The number of carboxylic acids is 1. The van der Waals surface area contributed by atoms with E-state index in [0.29, 0.717) is 38.5 Å². The summed E-state index contributed by atoms with van der Waals surface area (Å²) in [7, 11) is 0. The van der Waals surface area contributed by atoms with Crippen molar-refractivity contribution in [1.82, 2.24) is 4.90 Å². The number of carbonyl (C=O) groups excluding carboxylic acids is 1. The van der Waals surface area contributed by atoms with Gasteiger partial charge in [0.25, 0.3) is 0 Å². The lowest BCUT2D eigenvalue weighted by Crippen LogP contribution is -2.45. The van der Waals surface area contributed by atoms with Crippen molar-refractivity contribution in [2.45, 2.75) is 38.7 Å². The van der Waals surface area contributed by atoms with Crippen LogP contribution in [0.2, 0.25) is 0 Å². The number of piperidine rings is 1. The minimum Gasteiger partial charge on any atom is -0.481 e. The first-order chi connectivity index (χ1) is 10.0. The lowest BCUT2D eigenvalue weighted by molar-refractivity contribution is -0.150. The zero-order valence-corrected chi connectivity index (χ0v) is 12.5. The summed E-state index contributed by atoms with van der Waals surface area (Å²) in [6, 6.07) is 0. The predicted molar refractivity (Wildman–Crippen MR) is 75.7 cm³/mol. The average molecular weight is 299 g/mol. The number of aliphatic hydroxyl groups is 1. The Labute approximate surface area is 125 Å². The number of nitrogens with zero attached hydrogens (tertiary/aromatic N) is 1. The van der Waals surface area contributed by atoms with Crippen LogP contribution in [0.25, 0.3) is 0 Å². The molecule has 2 N–H and O–H groups in total. The first kappa shape index (κ1) is 16.2. The number of amides is 1. The Balaban J connectivity index is 1.88. The Morgan fingerprint density at radius 2 is 1.81 bits per heavy atom. The molecule has 21 heavy (non-hydrogen) atoms. The SMILES string of the molecule is CC1C[C@H](C(=O)N2CCC(OCCO)CC2)[C@H](C(=O)O)C1. The van der Waals surface area contributed by atoms with Gasteiger partial charge in [0.1, 0.15) is 0 Å². The van der Waals surface area contributed by atoms with Gasteiger partial charge < -0.3 is 19.8 Å². The topological polar surface area (TPSA) is 87.1 Å². The molecule has 0 aromatic rings. The van der Waals surface area contributed by atoms with Crippen LogP contribution in [0.4, 0.5) is 0 Å². The van der Waals surface area contributed by atoms with Crippen LogP contribution >= 0.6 is 0 Å². The van der Waals surface area contributed by atoms with Gasteiger partial charge in [0.05, 0.1) is 31.2 Å². The van der Waals surface area contributed by atoms with Gasteiger partial charge in [-0.15, -0.1) is 0 Å². The maximum absolute atomic E-state index is 12.6. The van der Waals surface area contributed by atoms with Crippen molar-refractivity contribution in [3.05, 3.63) is 0 Å². The van der Waals surface area contributed by atoms with E-state index in [-0.39, 0.29) is 24.5 Å². The lowest BCUT2D eigenvalue weighted by Gasteiger charge is -2.34. The maximum Gasteiger partial charge on any atom is 0.307 e. The second-order valence-electron chi connectivity index (χ2n) is 6.25. The zero-order chi connectivity index (χ0) is 15.4. The second-order valence-corrected chi connectivity index (χ2v) is 6.25. The van der Waals surface area contributed by atoms with E-state index in [1.165, 1.54) is 0 Å². The number of aliphatic carboxylic acids is 1. The Morgan fingerprint density at radius 3 is 2.38 bits per heavy atom. The summed E-state index contributed by atoms with van der Waals surface area (Å²) in [4.78, 5) is 25.7. The predicted octanol–water partition coefficient (Wildman–Crippen LogP) is 0.733. The standard InChI is InChI=1S/C15H25NO5/c1-10-8-12(13(9-10)15(19)20)14(18)16-4-2-11(3-5-16)21-7-6-17/h10-13,17H,2-9H2,1H3,(H,19,20)/t10?,12-,13+/m0/s1. The van der Waals surface area contributed by atoms with E-state index in [1.807, 2.05) is 6.92 Å². The average Bonchev–Trinajstić information content (AvgIpc) is 2.87. The third-order valence-electron chi connectivity index (χ3n) is 4.63. The Morgan fingerprint density at radius 1 is 1.19 bits per heavy atom. The molecule has 2 fully saturated rings. The highest BCUT2D eigenvalue weighted by Gasteiger charge is 2.43. The molecule has 1 unspecified atom stereocenters. The van der Waals surface area contributed by atoms with Gasteiger partial charge in [0.2, 0.25) is 5.91 Å². The van der Waals surface area contributed by atoms with E-state index in [9.17, 15) is 14.7 Å². The van der Waals surface area contributed by atoms with Gasteiger partial charge in [-0.25, -0.2) is 0 Å². The fourth-order valence-electron chi connectivity index (χ4n) is 3.53. The third kappa shape index (κ3) is 3.95. The molecule has 6 heteroatoms. The van der Waals surface area contributed by atoms with E-state index >= 15 is 0 Å². The van der Waals surface area contributed by atoms with Crippen molar-refractivity contribution >= 4 is 11.9 Å². The number of rotatable bonds is 5. The molecule has 0 aromatic carbocycles. The van der Waals surface area contributed by atoms with Gasteiger partial charge in [0.15, 0.2) is 0 Å². The smallest absolute Gasteiger partial charge is 0.307 e. The molecule has 6 nitrogen and oxygen atoms in total. The summed E-state index contributed by atoms with van der Waals surface area (Å²) in [6.07, 6.45) is 2.88. The van der Waals surface area contributed by atoms with Crippen LogP contribution in [0.1, 0.15) is 32.6 Å². The molecule has 1 amide bonds. The fourth-order valence-corrected chi connectivity index (χ4v) is 3.53. The maximum atomic E-state index is 12.6. The van der Waals surface area contributed by atoms with Gasteiger partial charge in [-0.2, -0.15) is 0 Å². The Kier molecular flexibility index (Phi) is 5.58. The summed E-state index contributed by atoms with van der Waals surface area (Å²) < 4.78 is 5.48. The van der Waals surface area contributed by atoms with Crippen LogP contribution in [0.5, 0.6) is 0 Å².